The highest BCUT2D eigenvalue weighted by Gasteiger charge is 2.52. The van der Waals surface area contributed by atoms with Gasteiger partial charge in [0.25, 0.3) is 10.1 Å². The number of rotatable bonds is 4. The summed E-state index contributed by atoms with van der Waals surface area (Å²) in [7, 11) is -5.08. The maximum Gasteiger partial charge on any atom is 0.283 e. The average Bonchev–Trinajstić information content (AvgIpc) is 2.64. The van der Waals surface area contributed by atoms with E-state index in [1.807, 2.05) is 0 Å². The van der Waals surface area contributed by atoms with E-state index in [1.54, 1.807) is 0 Å². The molecule has 29 heavy (non-hydrogen) atoms. The lowest BCUT2D eigenvalue weighted by molar-refractivity contribution is 0.440. The zero-order chi connectivity index (χ0) is 21.6. The Morgan fingerprint density at radius 3 is 1.72 bits per heavy atom. The molecule has 0 spiro atoms. The number of aromatic hydroxyl groups is 2. The third-order valence-corrected chi connectivity index (χ3v) is 7.19. The van der Waals surface area contributed by atoms with Crippen molar-refractivity contribution in [2.45, 2.75) is 4.75 Å². The predicted octanol–water partition coefficient (Wildman–Crippen LogP) is 5.89. The summed E-state index contributed by atoms with van der Waals surface area (Å²) >= 11 is 24.4. The molecule has 3 N–H and O–H groups in total. The third kappa shape index (κ3) is 3.65. The maximum atomic E-state index is 13.0. The Balaban J connectivity index is 2.61. The Bertz CT molecular complexity index is 1100. The van der Waals surface area contributed by atoms with Crippen LogP contribution in [0.5, 0.6) is 11.5 Å². The molecule has 1 atom stereocenters. The van der Waals surface area contributed by atoms with Gasteiger partial charge >= 0.3 is 0 Å². The SMILES string of the molecule is O=S(=O)(O)C(c1ccc(O)cc1)(c1ccc(Cl)cc1)c1c(O)c(Cl)cc(Cl)c1Cl. The molecule has 0 aromatic heterocycles. The molecule has 0 amide bonds. The molecule has 0 bridgehead atoms. The summed E-state index contributed by atoms with van der Waals surface area (Å²) < 4.78 is 34.0. The van der Waals surface area contributed by atoms with Crippen molar-refractivity contribution >= 4 is 56.5 Å². The summed E-state index contributed by atoms with van der Waals surface area (Å²) in [6.45, 7) is 0. The normalized spacial score (nSPS) is 13.8. The number of benzene rings is 3. The van der Waals surface area contributed by atoms with Gasteiger partial charge in [-0.1, -0.05) is 70.7 Å². The van der Waals surface area contributed by atoms with Crippen molar-refractivity contribution in [3.63, 3.8) is 0 Å². The van der Waals surface area contributed by atoms with Crippen LogP contribution in [0, 0.1) is 0 Å². The molecular formula is C19H12Cl4O5S. The van der Waals surface area contributed by atoms with Gasteiger partial charge in [0.15, 0.2) is 4.75 Å². The molecule has 1 unspecified atom stereocenters. The van der Waals surface area contributed by atoms with E-state index in [1.165, 1.54) is 48.5 Å². The van der Waals surface area contributed by atoms with E-state index in [-0.39, 0.29) is 31.9 Å². The minimum Gasteiger partial charge on any atom is -0.508 e. The molecule has 0 aliphatic carbocycles. The van der Waals surface area contributed by atoms with Crippen LogP contribution in [0.25, 0.3) is 0 Å². The van der Waals surface area contributed by atoms with E-state index in [9.17, 15) is 23.2 Å². The molecule has 10 heteroatoms. The van der Waals surface area contributed by atoms with Crippen LogP contribution in [0.15, 0.2) is 54.6 Å². The molecule has 3 aromatic carbocycles. The van der Waals surface area contributed by atoms with Gasteiger partial charge in [0.1, 0.15) is 11.5 Å². The molecular weight excluding hydrogens is 482 g/mol. The van der Waals surface area contributed by atoms with Gasteiger partial charge in [-0.25, -0.2) is 0 Å². The van der Waals surface area contributed by atoms with Crippen LogP contribution in [0.2, 0.25) is 20.1 Å². The lowest BCUT2D eigenvalue weighted by atomic mass is 9.83. The van der Waals surface area contributed by atoms with Gasteiger partial charge in [0.2, 0.25) is 0 Å². The van der Waals surface area contributed by atoms with Crippen LogP contribution in [-0.2, 0) is 14.9 Å². The summed E-state index contributed by atoms with van der Waals surface area (Å²) in [6, 6.07) is 11.7. The summed E-state index contributed by atoms with van der Waals surface area (Å²) in [4.78, 5) is 0. The first-order chi connectivity index (χ1) is 13.5. The standard InChI is InChI=1S/C19H12Cl4O5S/c20-12-5-1-10(2-6-12)19(29(26,27)28,11-3-7-13(24)8-4-11)16-17(23)14(21)9-15(22)18(16)25/h1-9,24-25H,(H,26,27,28). The van der Waals surface area contributed by atoms with Crippen molar-refractivity contribution in [2.75, 3.05) is 0 Å². The first-order valence-corrected chi connectivity index (χ1v) is 10.8. The van der Waals surface area contributed by atoms with E-state index in [0.29, 0.717) is 5.02 Å². The van der Waals surface area contributed by atoms with Crippen LogP contribution in [0.1, 0.15) is 16.7 Å². The number of phenolic OH excluding ortho intramolecular Hbond substituents is 2. The maximum absolute atomic E-state index is 13.0. The molecule has 0 saturated carbocycles. The van der Waals surface area contributed by atoms with Gasteiger partial charge in [0, 0.05) is 10.6 Å². The fourth-order valence-electron chi connectivity index (χ4n) is 3.17. The van der Waals surface area contributed by atoms with Crippen LogP contribution < -0.4 is 0 Å². The summed E-state index contributed by atoms with van der Waals surface area (Å²) in [5.41, 5.74) is -0.464. The number of phenols is 2. The quantitative estimate of drug-likeness (QED) is 0.239. The molecule has 0 saturated heterocycles. The molecule has 0 radical (unpaired) electrons. The Hall–Kier alpha value is -1.67. The molecule has 0 fully saturated rings. The molecule has 3 rings (SSSR count). The highest BCUT2D eigenvalue weighted by Crippen LogP contribution is 2.53. The van der Waals surface area contributed by atoms with E-state index in [4.69, 9.17) is 46.4 Å². The van der Waals surface area contributed by atoms with Crippen molar-refractivity contribution < 1.29 is 23.2 Å². The van der Waals surface area contributed by atoms with Crippen molar-refractivity contribution in [1.82, 2.24) is 0 Å². The predicted molar refractivity (Wildman–Crippen MR) is 114 cm³/mol. The summed E-state index contributed by atoms with van der Waals surface area (Å²) in [5.74, 6) is -0.824. The first kappa shape index (κ1) is 22.0. The second kappa shape index (κ2) is 7.87. The Kier molecular flexibility index (Phi) is 5.98. The molecule has 0 aliphatic rings. The number of hydrogen-bond acceptors (Lipinski definition) is 4. The molecule has 0 heterocycles. The van der Waals surface area contributed by atoms with Gasteiger partial charge in [-0.2, -0.15) is 8.42 Å². The van der Waals surface area contributed by atoms with Crippen LogP contribution >= 0.6 is 46.4 Å². The zero-order valence-corrected chi connectivity index (χ0v) is 18.1. The second-order valence-electron chi connectivity index (χ2n) is 6.09. The fraction of sp³-hybridized carbons (Fsp3) is 0.0526. The van der Waals surface area contributed by atoms with Crippen LogP contribution in [0.3, 0.4) is 0 Å². The average molecular weight is 494 g/mol. The van der Waals surface area contributed by atoms with Gasteiger partial charge in [0.05, 0.1) is 15.1 Å². The highest BCUT2D eigenvalue weighted by atomic mass is 35.5. The Morgan fingerprint density at radius 1 is 0.759 bits per heavy atom. The Morgan fingerprint density at radius 2 is 1.24 bits per heavy atom. The Labute approximate surface area is 186 Å². The van der Waals surface area contributed by atoms with Crippen LogP contribution in [0.4, 0.5) is 0 Å². The summed E-state index contributed by atoms with van der Waals surface area (Å²) in [6.07, 6.45) is 0. The summed E-state index contributed by atoms with van der Waals surface area (Å²) in [5, 5.41) is 19.9. The van der Waals surface area contributed by atoms with E-state index >= 15 is 0 Å². The zero-order valence-electron chi connectivity index (χ0n) is 14.3. The van der Waals surface area contributed by atoms with Crippen molar-refractivity contribution in [3.8, 4) is 11.5 Å². The number of hydrogen-bond donors (Lipinski definition) is 3. The third-order valence-electron chi connectivity index (χ3n) is 4.41. The topological polar surface area (TPSA) is 94.8 Å². The minimum absolute atomic E-state index is 0.00521. The van der Waals surface area contributed by atoms with Crippen molar-refractivity contribution in [3.05, 3.63) is 91.4 Å². The van der Waals surface area contributed by atoms with E-state index < -0.39 is 26.2 Å². The molecule has 3 aromatic rings. The lowest BCUT2D eigenvalue weighted by Gasteiger charge is -2.34. The van der Waals surface area contributed by atoms with Crippen LogP contribution in [-0.4, -0.2) is 23.2 Å². The van der Waals surface area contributed by atoms with Gasteiger partial charge in [-0.05, 0) is 41.5 Å². The first-order valence-electron chi connectivity index (χ1n) is 7.89. The van der Waals surface area contributed by atoms with E-state index in [0.717, 1.165) is 6.07 Å². The van der Waals surface area contributed by atoms with Gasteiger partial charge < -0.3 is 10.2 Å². The molecule has 0 aliphatic heterocycles. The smallest absolute Gasteiger partial charge is 0.283 e. The van der Waals surface area contributed by atoms with E-state index in [2.05, 4.69) is 0 Å². The number of halogens is 4. The largest absolute Gasteiger partial charge is 0.508 e. The monoisotopic (exact) mass is 492 g/mol. The highest BCUT2D eigenvalue weighted by molar-refractivity contribution is 7.87. The van der Waals surface area contributed by atoms with Gasteiger partial charge in [-0.15, -0.1) is 0 Å². The lowest BCUT2D eigenvalue weighted by Crippen LogP contribution is -2.38. The molecule has 5 nitrogen and oxygen atoms in total. The van der Waals surface area contributed by atoms with Crippen molar-refractivity contribution in [2.24, 2.45) is 0 Å². The minimum atomic E-state index is -5.08. The van der Waals surface area contributed by atoms with Gasteiger partial charge in [-0.3, -0.25) is 4.55 Å². The second-order valence-corrected chi connectivity index (χ2v) is 9.28. The fourth-order valence-corrected chi connectivity index (χ4v) is 5.43. The van der Waals surface area contributed by atoms with Crippen molar-refractivity contribution in [1.29, 1.82) is 0 Å². The molecule has 152 valence electrons.